The molecule has 0 bridgehead atoms. The summed E-state index contributed by atoms with van der Waals surface area (Å²) in [6.45, 7) is 0.746. The van der Waals surface area contributed by atoms with Gasteiger partial charge in [0.15, 0.2) is 0 Å². The largest absolute Gasteiger partial charge is 0.352 e. The molecule has 142 valence electrons. The highest BCUT2D eigenvalue weighted by molar-refractivity contribution is 5.99. The molecule has 0 aliphatic heterocycles. The first-order valence-corrected chi connectivity index (χ1v) is 8.91. The highest BCUT2D eigenvalue weighted by Crippen LogP contribution is 2.06. The van der Waals surface area contributed by atoms with Gasteiger partial charge >= 0.3 is 0 Å². The summed E-state index contributed by atoms with van der Waals surface area (Å²) in [5, 5.41) is 5.56. The van der Waals surface area contributed by atoms with Crippen molar-refractivity contribution >= 4 is 11.8 Å². The molecule has 3 rings (SSSR count). The highest BCUT2D eigenvalue weighted by Gasteiger charge is 2.11. The van der Waals surface area contributed by atoms with Crippen LogP contribution in [0.25, 0.3) is 0 Å². The number of pyridine rings is 1. The van der Waals surface area contributed by atoms with Crippen LogP contribution in [0.3, 0.4) is 0 Å². The number of halogens is 1. The monoisotopic (exact) mass is 377 g/mol. The Labute approximate surface area is 162 Å². The van der Waals surface area contributed by atoms with Crippen molar-refractivity contribution in [3.8, 4) is 0 Å². The molecular formula is C22H20FN3O2. The van der Waals surface area contributed by atoms with Crippen LogP contribution in [0.1, 0.15) is 31.8 Å². The van der Waals surface area contributed by atoms with Gasteiger partial charge in [-0.05, 0) is 35.7 Å². The van der Waals surface area contributed by atoms with Crippen molar-refractivity contribution in [2.75, 3.05) is 6.54 Å². The molecule has 0 spiro atoms. The van der Waals surface area contributed by atoms with Crippen molar-refractivity contribution in [3.05, 3.63) is 101 Å². The molecule has 2 aromatic carbocycles. The van der Waals surface area contributed by atoms with Crippen molar-refractivity contribution in [1.82, 2.24) is 15.6 Å². The summed E-state index contributed by atoms with van der Waals surface area (Å²) in [4.78, 5) is 28.6. The third-order valence-electron chi connectivity index (χ3n) is 4.17. The summed E-state index contributed by atoms with van der Waals surface area (Å²) in [7, 11) is 0. The minimum Gasteiger partial charge on any atom is -0.352 e. The van der Waals surface area contributed by atoms with Crippen molar-refractivity contribution < 1.29 is 14.0 Å². The fraction of sp³-hybridized carbons (Fsp3) is 0.136. The standard InChI is InChI=1S/C22H20FN3O2/c23-20-8-6-17(7-9-20)13-26-22(28)19-12-18(14-24-15-19)21(27)25-11-10-16-4-2-1-3-5-16/h1-9,12,14-15H,10-11,13H2,(H,25,27)(H,26,28). The van der Waals surface area contributed by atoms with E-state index >= 15 is 0 Å². The molecule has 1 heterocycles. The Bertz CT molecular complexity index is 944. The predicted molar refractivity (Wildman–Crippen MR) is 104 cm³/mol. The molecule has 2 amide bonds. The highest BCUT2D eigenvalue weighted by atomic mass is 19.1. The summed E-state index contributed by atoms with van der Waals surface area (Å²) < 4.78 is 12.9. The Morgan fingerprint density at radius 3 is 2.14 bits per heavy atom. The van der Waals surface area contributed by atoms with Crippen LogP contribution >= 0.6 is 0 Å². The molecule has 0 fully saturated rings. The van der Waals surface area contributed by atoms with Crippen LogP contribution in [0.15, 0.2) is 73.1 Å². The minimum atomic E-state index is -0.351. The predicted octanol–water partition coefficient (Wildman–Crippen LogP) is 3.12. The van der Waals surface area contributed by atoms with E-state index < -0.39 is 0 Å². The van der Waals surface area contributed by atoms with Crippen LogP contribution in [0, 0.1) is 5.82 Å². The van der Waals surface area contributed by atoms with Crippen molar-refractivity contribution in [3.63, 3.8) is 0 Å². The number of hydrogen-bond acceptors (Lipinski definition) is 3. The Hall–Kier alpha value is -3.54. The first-order chi connectivity index (χ1) is 13.6. The van der Waals surface area contributed by atoms with Crippen LogP contribution in [0.4, 0.5) is 4.39 Å². The third kappa shape index (κ3) is 5.48. The number of amides is 2. The van der Waals surface area contributed by atoms with E-state index in [-0.39, 0.29) is 29.7 Å². The Kier molecular flexibility index (Phi) is 6.46. The van der Waals surface area contributed by atoms with Gasteiger partial charge in [-0.25, -0.2) is 4.39 Å². The van der Waals surface area contributed by atoms with Crippen LogP contribution in [0.2, 0.25) is 0 Å². The smallest absolute Gasteiger partial charge is 0.253 e. The van der Waals surface area contributed by atoms with E-state index in [0.717, 1.165) is 17.5 Å². The molecule has 0 atom stereocenters. The maximum atomic E-state index is 12.9. The fourth-order valence-electron chi connectivity index (χ4n) is 2.64. The number of hydrogen-bond donors (Lipinski definition) is 2. The molecule has 1 aromatic heterocycles. The van der Waals surface area contributed by atoms with Crippen molar-refractivity contribution in [2.24, 2.45) is 0 Å². The zero-order valence-corrected chi connectivity index (χ0v) is 15.2. The lowest BCUT2D eigenvalue weighted by molar-refractivity contribution is 0.0950. The van der Waals surface area contributed by atoms with E-state index in [1.165, 1.54) is 30.6 Å². The topological polar surface area (TPSA) is 71.1 Å². The SMILES string of the molecule is O=C(NCCc1ccccc1)c1cncc(C(=O)NCc2ccc(F)cc2)c1. The number of aromatic nitrogens is 1. The van der Waals surface area contributed by atoms with E-state index in [4.69, 9.17) is 0 Å². The summed E-state index contributed by atoms with van der Waals surface area (Å²) in [6, 6.07) is 17.2. The van der Waals surface area contributed by atoms with E-state index in [1.807, 2.05) is 30.3 Å². The Morgan fingerprint density at radius 1 is 0.821 bits per heavy atom. The molecule has 6 heteroatoms. The number of nitrogens with one attached hydrogen (secondary N) is 2. The van der Waals surface area contributed by atoms with Crippen molar-refractivity contribution in [2.45, 2.75) is 13.0 Å². The first kappa shape index (κ1) is 19.2. The normalized spacial score (nSPS) is 10.3. The summed E-state index contributed by atoms with van der Waals surface area (Å²) in [5.74, 6) is -0.961. The second-order valence-corrected chi connectivity index (χ2v) is 6.26. The second kappa shape index (κ2) is 9.41. The molecule has 2 N–H and O–H groups in total. The second-order valence-electron chi connectivity index (χ2n) is 6.26. The molecule has 0 saturated carbocycles. The van der Waals surface area contributed by atoms with E-state index in [9.17, 15) is 14.0 Å². The van der Waals surface area contributed by atoms with E-state index in [2.05, 4.69) is 15.6 Å². The molecule has 0 unspecified atom stereocenters. The third-order valence-corrected chi connectivity index (χ3v) is 4.17. The maximum absolute atomic E-state index is 12.9. The average molecular weight is 377 g/mol. The van der Waals surface area contributed by atoms with Crippen LogP contribution < -0.4 is 10.6 Å². The van der Waals surface area contributed by atoms with Crippen LogP contribution in [-0.4, -0.2) is 23.3 Å². The van der Waals surface area contributed by atoms with Crippen LogP contribution in [-0.2, 0) is 13.0 Å². The Balaban J connectivity index is 1.54. The van der Waals surface area contributed by atoms with Gasteiger partial charge in [-0.15, -0.1) is 0 Å². The zero-order valence-electron chi connectivity index (χ0n) is 15.2. The van der Waals surface area contributed by atoms with Gasteiger partial charge in [-0.1, -0.05) is 42.5 Å². The van der Waals surface area contributed by atoms with Gasteiger partial charge < -0.3 is 10.6 Å². The number of carbonyl (C=O) groups excluding carboxylic acids is 2. The lowest BCUT2D eigenvalue weighted by Gasteiger charge is -2.08. The first-order valence-electron chi connectivity index (χ1n) is 8.91. The van der Waals surface area contributed by atoms with Gasteiger partial charge in [0, 0.05) is 25.5 Å². The molecule has 0 saturated heterocycles. The van der Waals surface area contributed by atoms with Gasteiger partial charge in [-0.2, -0.15) is 0 Å². The summed E-state index contributed by atoms with van der Waals surface area (Å²) in [5.41, 5.74) is 2.52. The van der Waals surface area contributed by atoms with E-state index in [0.29, 0.717) is 12.1 Å². The fourth-order valence-corrected chi connectivity index (χ4v) is 2.64. The molecule has 5 nitrogen and oxygen atoms in total. The van der Waals surface area contributed by atoms with Gasteiger partial charge in [0.05, 0.1) is 11.1 Å². The number of rotatable bonds is 7. The quantitative estimate of drug-likeness (QED) is 0.665. The number of nitrogens with zero attached hydrogens (tertiary/aromatic N) is 1. The lowest BCUT2D eigenvalue weighted by Crippen LogP contribution is -2.27. The number of benzene rings is 2. The summed E-state index contributed by atoms with van der Waals surface area (Å²) in [6.07, 6.45) is 3.55. The molecule has 3 aromatic rings. The molecule has 0 aliphatic rings. The molecule has 28 heavy (non-hydrogen) atoms. The Morgan fingerprint density at radius 2 is 1.46 bits per heavy atom. The maximum Gasteiger partial charge on any atom is 0.253 e. The summed E-state index contributed by atoms with van der Waals surface area (Å²) >= 11 is 0. The zero-order chi connectivity index (χ0) is 19.8. The lowest BCUT2D eigenvalue weighted by atomic mass is 10.1. The van der Waals surface area contributed by atoms with Gasteiger partial charge in [0.2, 0.25) is 0 Å². The average Bonchev–Trinajstić information content (AvgIpc) is 2.74. The van der Waals surface area contributed by atoms with Gasteiger partial charge in [-0.3, -0.25) is 14.6 Å². The molecule has 0 radical (unpaired) electrons. The molecule has 0 aliphatic carbocycles. The van der Waals surface area contributed by atoms with Crippen molar-refractivity contribution in [1.29, 1.82) is 0 Å². The van der Waals surface area contributed by atoms with E-state index in [1.54, 1.807) is 12.1 Å². The van der Waals surface area contributed by atoms with Crippen LogP contribution in [0.5, 0.6) is 0 Å². The van der Waals surface area contributed by atoms with Gasteiger partial charge in [0.1, 0.15) is 5.82 Å². The van der Waals surface area contributed by atoms with Gasteiger partial charge in [0.25, 0.3) is 11.8 Å². The number of carbonyl (C=O) groups is 2. The molecular weight excluding hydrogens is 357 g/mol. The minimum absolute atomic E-state index is 0.257.